The molecule has 1 aromatic carbocycles. The van der Waals surface area contributed by atoms with Crippen LogP contribution in [-0.4, -0.2) is 36.1 Å². The zero-order chi connectivity index (χ0) is 22.4. The number of ketones is 1. The van der Waals surface area contributed by atoms with Crippen molar-refractivity contribution in [3.05, 3.63) is 66.5 Å². The number of Topliss-reactive ketones (excluding diaryl/α,β-unsaturated/α-hetero) is 1. The highest BCUT2D eigenvalue weighted by Crippen LogP contribution is 2.19. The quantitative estimate of drug-likeness (QED) is 0.172. The van der Waals surface area contributed by atoms with Crippen LogP contribution in [0, 0.1) is 0 Å². The minimum Gasteiger partial charge on any atom is -0.462 e. The summed E-state index contributed by atoms with van der Waals surface area (Å²) in [6, 6.07) is 6.61. The smallest absolute Gasteiger partial charge is 0.338 e. The van der Waals surface area contributed by atoms with E-state index in [0.29, 0.717) is 16.9 Å². The Bertz CT molecular complexity index is 809. The number of esters is 3. The Morgan fingerprint density at radius 3 is 2.21 bits per heavy atom. The number of para-hydroxylation sites is 1. The molecule has 0 N–H and O–H groups in total. The van der Waals surface area contributed by atoms with Crippen molar-refractivity contribution in [2.24, 2.45) is 0 Å². The normalized spacial score (nSPS) is 10.0. The average Bonchev–Trinajstić information content (AvgIpc) is 2.67. The largest absolute Gasteiger partial charge is 0.462 e. The van der Waals surface area contributed by atoms with Crippen LogP contribution >= 0.6 is 12.6 Å². The lowest BCUT2D eigenvalue weighted by Crippen LogP contribution is -2.10. The topological polar surface area (TPSA) is 96.0 Å². The summed E-state index contributed by atoms with van der Waals surface area (Å²) in [7, 11) is 0. The number of carbonyl (C=O) groups is 4. The van der Waals surface area contributed by atoms with E-state index in [1.54, 1.807) is 31.2 Å². The second kappa shape index (κ2) is 14.0. The van der Waals surface area contributed by atoms with Gasteiger partial charge in [0.2, 0.25) is 0 Å². The maximum absolute atomic E-state index is 11.3. The van der Waals surface area contributed by atoms with Crippen LogP contribution in [0.3, 0.4) is 0 Å². The Kier molecular flexibility index (Phi) is 12.4. The Labute approximate surface area is 175 Å². The van der Waals surface area contributed by atoms with E-state index >= 15 is 0 Å². The lowest BCUT2D eigenvalue weighted by molar-refractivity contribution is -0.138. The molecule has 0 aromatic heterocycles. The minimum atomic E-state index is -0.622. The molecular weight excluding hydrogens is 396 g/mol. The van der Waals surface area contributed by atoms with Gasteiger partial charge in [0.25, 0.3) is 0 Å². The van der Waals surface area contributed by atoms with Crippen LogP contribution < -0.4 is 4.74 Å². The highest BCUT2D eigenvalue weighted by Gasteiger charge is 2.11. The second-order valence-corrected chi connectivity index (χ2v) is 5.96. The number of ether oxygens (including phenoxy) is 3. The number of carbonyl (C=O) groups excluding carboxylic acids is 4. The van der Waals surface area contributed by atoms with E-state index in [4.69, 9.17) is 4.74 Å². The van der Waals surface area contributed by atoms with Gasteiger partial charge in [0.05, 0.1) is 11.8 Å². The molecule has 0 heterocycles. The summed E-state index contributed by atoms with van der Waals surface area (Å²) < 4.78 is 14.1. The predicted octanol–water partition coefficient (Wildman–Crippen LogP) is 3.46. The van der Waals surface area contributed by atoms with Gasteiger partial charge in [-0.05, 0) is 32.9 Å². The maximum Gasteiger partial charge on any atom is 0.338 e. The summed E-state index contributed by atoms with van der Waals surface area (Å²) in [6.07, 6.45) is 2.06. The van der Waals surface area contributed by atoms with Gasteiger partial charge in [0.1, 0.15) is 12.4 Å². The van der Waals surface area contributed by atoms with Crippen LogP contribution in [0.5, 0.6) is 5.75 Å². The van der Waals surface area contributed by atoms with Crippen molar-refractivity contribution in [2.45, 2.75) is 20.8 Å². The van der Waals surface area contributed by atoms with Crippen molar-refractivity contribution in [1.82, 2.24) is 0 Å². The van der Waals surface area contributed by atoms with Gasteiger partial charge in [-0.15, -0.1) is 0 Å². The third-order valence-electron chi connectivity index (χ3n) is 3.00. The van der Waals surface area contributed by atoms with Crippen molar-refractivity contribution < 1.29 is 33.4 Å². The SMILES string of the molecule is C=C(C)C(=O)Oc1ccccc1C(C)=O.C=COC(=O)C(C)=CC(=O)OCCS. The standard InChI is InChI=1S/C12H12O3.C9H12O4S/c1-8(2)12(14)15-11-7-5-4-6-10(11)9(3)13;1-3-12-9(11)7(2)6-8(10)13-4-5-14/h4-7H,1H2,2-3H3;3,6,14H,1,4-5H2,2H3. The second-order valence-electron chi connectivity index (χ2n) is 5.51. The Hall–Kier alpha value is -3.13. The molecule has 7 nitrogen and oxygen atoms in total. The molecule has 0 saturated carbocycles. The highest BCUT2D eigenvalue weighted by molar-refractivity contribution is 7.80. The first-order valence-electron chi connectivity index (χ1n) is 8.39. The number of hydrogen-bond acceptors (Lipinski definition) is 8. The molecule has 0 fully saturated rings. The summed E-state index contributed by atoms with van der Waals surface area (Å²) in [4.78, 5) is 44.4. The van der Waals surface area contributed by atoms with Gasteiger partial charge in [0.15, 0.2) is 5.78 Å². The van der Waals surface area contributed by atoms with Gasteiger partial charge >= 0.3 is 17.9 Å². The van der Waals surface area contributed by atoms with Gasteiger partial charge in [-0.1, -0.05) is 25.3 Å². The highest BCUT2D eigenvalue weighted by atomic mass is 32.1. The molecule has 0 aliphatic carbocycles. The van der Waals surface area contributed by atoms with E-state index < -0.39 is 17.9 Å². The Balaban J connectivity index is 0.000000543. The average molecular weight is 420 g/mol. The lowest BCUT2D eigenvalue weighted by Gasteiger charge is -2.06. The fourth-order valence-electron chi connectivity index (χ4n) is 1.63. The zero-order valence-corrected chi connectivity index (χ0v) is 17.5. The third kappa shape index (κ3) is 10.7. The van der Waals surface area contributed by atoms with E-state index in [1.807, 2.05) is 0 Å². The molecule has 1 aromatic rings. The third-order valence-corrected chi connectivity index (χ3v) is 3.18. The monoisotopic (exact) mass is 420 g/mol. The Morgan fingerprint density at radius 2 is 1.69 bits per heavy atom. The first kappa shape index (κ1) is 25.9. The molecule has 0 radical (unpaired) electrons. The number of hydrogen-bond donors (Lipinski definition) is 1. The molecule has 1 rings (SSSR count). The lowest BCUT2D eigenvalue weighted by atomic mass is 10.1. The maximum atomic E-state index is 11.3. The van der Waals surface area contributed by atoms with Crippen molar-refractivity contribution in [3.63, 3.8) is 0 Å². The van der Waals surface area contributed by atoms with Crippen molar-refractivity contribution in [2.75, 3.05) is 12.4 Å². The van der Waals surface area contributed by atoms with Gasteiger partial charge in [-0.3, -0.25) is 4.79 Å². The summed E-state index contributed by atoms with van der Waals surface area (Å²) in [6.45, 7) is 11.3. The summed E-state index contributed by atoms with van der Waals surface area (Å²) in [5.74, 6) is -1.15. The van der Waals surface area contributed by atoms with E-state index in [9.17, 15) is 19.2 Å². The predicted molar refractivity (Wildman–Crippen MR) is 112 cm³/mol. The van der Waals surface area contributed by atoms with Gasteiger partial charge in [0, 0.05) is 23.0 Å². The van der Waals surface area contributed by atoms with E-state index in [1.165, 1.54) is 13.8 Å². The van der Waals surface area contributed by atoms with Crippen LogP contribution in [0.15, 0.2) is 60.9 Å². The summed E-state index contributed by atoms with van der Waals surface area (Å²) in [5.41, 5.74) is 0.856. The molecule has 29 heavy (non-hydrogen) atoms. The molecule has 0 unspecified atom stereocenters. The van der Waals surface area contributed by atoms with E-state index in [-0.39, 0.29) is 23.7 Å². The molecule has 0 spiro atoms. The fraction of sp³-hybridized carbons (Fsp3) is 0.238. The van der Waals surface area contributed by atoms with Gasteiger partial charge < -0.3 is 14.2 Å². The van der Waals surface area contributed by atoms with Crippen molar-refractivity contribution >= 4 is 36.3 Å². The number of thiol groups is 1. The molecular formula is C21H24O7S. The van der Waals surface area contributed by atoms with Crippen molar-refractivity contribution in [3.8, 4) is 5.75 Å². The molecule has 8 heteroatoms. The molecule has 0 atom stereocenters. The van der Waals surface area contributed by atoms with E-state index in [0.717, 1.165) is 12.3 Å². The number of benzene rings is 1. The molecule has 0 amide bonds. The fourth-order valence-corrected chi connectivity index (χ4v) is 1.72. The first-order valence-corrected chi connectivity index (χ1v) is 9.02. The van der Waals surface area contributed by atoms with Gasteiger partial charge in [-0.25, -0.2) is 14.4 Å². The van der Waals surface area contributed by atoms with E-state index in [2.05, 4.69) is 35.3 Å². The Morgan fingerprint density at radius 1 is 1.07 bits per heavy atom. The minimum absolute atomic E-state index is 0.139. The van der Waals surface area contributed by atoms with Crippen LogP contribution in [0.4, 0.5) is 0 Å². The molecule has 0 saturated heterocycles. The zero-order valence-electron chi connectivity index (χ0n) is 16.6. The first-order chi connectivity index (χ1) is 13.6. The molecule has 0 bridgehead atoms. The molecule has 0 aliphatic heterocycles. The molecule has 0 aliphatic rings. The van der Waals surface area contributed by atoms with Crippen LogP contribution in [0.1, 0.15) is 31.1 Å². The summed E-state index contributed by atoms with van der Waals surface area (Å²) >= 11 is 3.86. The van der Waals surface area contributed by atoms with Crippen LogP contribution in [0.2, 0.25) is 0 Å². The number of rotatable bonds is 8. The van der Waals surface area contributed by atoms with Crippen molar-refractivity contribution in [1.29, 1.82) is 0 Å². The molecule has 156 valence electrons. The summed E-state index contributed by atoms with van der Waals surface area (Å²) in [5, 5.41) is 0. The van der Waals surface area contributed by atoms with Gasteiger partial charge in [-0.2, -0.15) is 12.6 Å². The van der Waals surface area contributed by atoms with Crippen LogP contribution in [-0.2, 0) is 23.9 Å². The van der Waals surface area contributed by atoms with Crippen LogP contribution in [0.25, 0.3) is 0 Å².